The number of ether oxygens (including phenoxy) is 1. The number of benzene rings is 2. The van der Waals surface area contributed by atoms with Gasteiger partial charge < -0.3 is 4.74 Å². The van der Waals surface area contributed by atoms with Crippen LogP contribution in [0.2, 0.25) is 5.02 Å². The maximum Gasteiger partial charge on any atom is 0.335 e. The van der Waals surface area contributed by atoms with Gasteiger partial charge in [0.1, 0.15) is 11.3 Å². The van der Waals surface area contributed by atoms with Gasteiger partial charge in [0.2, 0.25) is 0 Å². The fourth-order valence-corrected chi connectivity index (χ4v) is 4.26. The molecule has 9 heteroatoms. The molecule has 1 fully saturated rings. The molecular weight excluding hydrogens is 527 g/mol. The molecule has 150 valence electrons. The summed E-state index contributed by atoms with van der Waals surface area (Å²) in [5.41, 5.74) is 0.575. The minimum absolute atomic E-state index is 0.198. The maximum atomic E-state index is 13.0. The molecule has 1 aliphatic rings. The summed E-state index contributed by atoms with van der Waals surface area (Å²) < 4.78 is 7.17. The molecule has 0 saturated carbocycles. The number of nitrogens with zero attached hydrogens (tertiary/aromatic N) is 1. The van der Waals surface area contributed by atoms with E-state index in [1.165, 1.54) is 12.1 Å². The molecule has 0 bridgehead atoms. The number of imide groups is 2. The predicted molar refractivity (Wildman–Crippen MR) is 118 cm³/mol. The summed E-state index contributed by atoms with van der Waals surface area (Å²) in [5, 5.41) is 2.55. The van der Waals surface area contributed by atoms with Crippen LogP contribution in [0.15, 0.2) is 50.9 Å². The van der Waals surface area contributed by atoms with Crippen LogP contribution in [0, 0.1) is 0 Å². The third-order valence-corrected chi connectivity index (χ3v) is 5.24. The zero-order chi connectivity index (χ0) is 21.1. The lowest BCUT2D eigenvalue weighted by Gasteiger charge is -2.26. The highest BCUT2D eigenvalue weighted by Gasteiger charge is 2.37. The van der Waals surface area contributed by atoms with E-state index in [1.54, 1.807) is 30.3 Å². The first-order valence-electron chi connectivity index (χ1n) is 8.60. The third kappa shape index (κ3) is 4.71. The smallest absolute Gasteiger partial charge is 0.335 e. The summed E-state index contributed by atoms with van der Waals surface area (Å²) in [4.78, 5) is 38.6. The summed E-state index contributed by atoms with van der Waals surface area (Å²) in [7, 11) is 0. The molecule has 2 aromatic carbocycles. The zero-order valence-corrected chi connectivity index (χ0v) is 19.1. The molecule has 0 unspecified atom stereocenters. The van der Waals surface area contributed by atoms with Gasteiger partial charge >= 0.3 is 6.03 Å². The van der Waals surface area contributed by atoms with Gasteiger partial charge in [-0.05, 0) is 58.8 Å². The molecule has 1 N–H and O–H groups in total. The number of anilines is 1. The van der Waals surface area contributed by atoms with Gasteiger partial charge in [-0.15, -0.1) is 0 Å². The van der Waals surface area contributed by atoms with E-state index < -0.39 is 17.8 Å². The van der Waals surface area contributed by atoms with Crippen molar-refractivity contribution in [3.05, 3.63) is 61.5 Å². The van der Waals surface area contributed by atoms with Crippen LogP contribution in [0.1, 0.15) is 18.9 Å². The molecule has 0 radical (unpaired) electrons. The summed E-state index contributed by atoms with van der Waals surface area (Å²) >= 11 is 12.8. The second kappa shape index (κ2) is 9.11. The fraction of sp³-hybridized carbons (Fsp3) is 0.150. The summed E-state index contributed by atoms with van der Waals surface area (Å²) in [6, 6.07) is 8.95. The van der Waals surface area contributed by atoms with Crippen LogP contribution in [-0.4, -0.2) is 24.5 Å². The molecule has 1 heterocycles. The minimum atomic E-state index is -0.836. The highest BCUT2D eigenvalue weighted by atomic mass is 79.9. The molecule has 29 heavy (non-hydrogen) atoms. The number of urea groups is 1. The van der Waals surface area contributed by atoms with E-state index in [-0.39, 0.29) is 11.3 Å². The van der Waals surface area contributed by atoms with Crippen LogP contribution in [-0.2, 0) is 9.59 Å². The topological polar surface area (TPSA) is 75.7 Å². The van der Waals surface area contributed by atoms with Crippen molar-refractivity contribution in [1.29, 1.82) is 0 Å². The third-order valence-electron chi connectivity index (χ3n) is 3.96. The lowest BCUT2D eigenvalue weighted by molar-refractivity contribution is -0.122. The average molecular weight is 543 g/mol. The highest BCUT2D eigenvalue weighted by Crippen LogP contribution is 2.35. The van der Waals surface area contributed by atoms with Crippen molar-refractivity contribution >= 4 is 73.1 Å². The van der Waals surface area contributed by atoms with E-state index in [0.717, 1.165) is 15.8 Å². The first-order chi connectivity index (χ1) is 13.8. The fourth-order valence-electron chi connectivity index (χ4n) is 2.71. The lowest BCUT2D eigenvalue weighted by Crippen LogP contribution is -2.54. The maximum absolute atomic E-state index is 13.0. The molecule has 2 aromatic rings. The SMILES string of the molecule is CCCOc1c(Br)cc(Br)cc1/C=C1\C(=O)NC(=O)N(c2cccc(Cl)c2)C1=O. The van der Waals surface area contributed by atoms with Gasteiger partial charge in [0.25, 0.3) is 11.8 Å². The molecular formula is C20H15Br2ClN2O4. The van der Waals surface area contributed by atoms with E-state index in [1.807, 2.05) is 6.92 Å². The van der Waals surface area contributed by atoms with Gasteiger partial charge in [-0.2, -0.15) is 0 Å². The van der Waals surface area contributed by atoms with E-state index in [9.17, 15) is 14.4 Å². The molecule has 0 spiro atoms. The largest absolute Gasteiger partial charge is 0.492 e. The van der Waals surface area contributed by atoms with Crippen molar-refractivity contribution in [3.63, 3.8) is 0 Å². The highest BCUT2D eigenvalue weighted by molar-refractivity contribution is 9.11. The number of amides is 4. The number of rotatable bonds is 5. The number of hydrogen-bond acceptors (Lipinski definition) is 4. The molecule has 1 saturated heterocycles. The van der Waals surface area contributed by atoms with E-state index >= 15 is 0 Å². The Hall–Kier alpha value is -2.16. The first-order valence-corrected chi connectivity index (χ1v) is 10.6. The number of carbonyl (C=O) groups excluding carboxylic acids is 3. The number of barbiturate groups is 1. The lowest BCUT2D eigenvalue weighted by atomic mass is 10.1. The van der Waals surface area contributed by atoms with Gasteiger partial charge in [-0.3, -0.25) is 14.9 Å². The monoisotopic (exact) mass is 540 g/mol. The Balaban J connectivity index is 2.08. The second-order valence-corrected chi connectivity index (χ2v) is 8.30. The molecule has 4 amide bonds. The summed E-state index contributed by atoms with van der Waals surface area (Å²) in [5.74, 6) is -1.04. The van der Waals surface area contributed by atoms with Crippen molar-refractivity contribution in [3.8, 4) is 5.75 Å². The van der Waals surface area contributed by atoms with Crippen molar-refractivity contribution in [2.45, 2.75) is 13.3 Å². The molecule has 0 aliphatic carbocycles. The summed E-state index contributed by atoms with van der Waals surface area (Å²) in [6.45, 7) is 2.43. The molecule has 0 atom stereocenters. The minimum Gasteiger partial charge on any atom is -0.492 e. The van der Waals surface area contributed by atoms with Crippen LogP contribution in [0.3, 0.4) is 0 Å². The van der Waals surface area contributed by atoms with Crippen LogP contribution >= 0.6 is 43.5 Å². The second-order valence-electron chi connectivity index (χ2n) is 6.09. The Bertz CT molecular complexity index is 1040. The van der Waals surface area contributed by atoms with Crippen molar-refractivity contribution < 1.29 is 19.1 Å². The van der Waals surface area contributed by atoms with E-state index in [2.05, 4.69) is 37.2 Å². The Labute approximate surface area is 189 Å². The van der Waals surface area contributed by atoms with Gasteiger partial charge in [0.15, 0.2) is 0 Å². The van der Waals surface area contributed by atoms with E-state index in [0.29, 0.717) is 27.4 Å². The Kier molecular flexibility index (Phi) is 6.77. The van der Waals surface area contributed by atoms with Crippen LogP contribution < -0.4 is 15.0 Å². The number of halogens is 3. The Morgan fingerprint density at radius 2 is 1.93 bits per heavy atom. The molecule has 0 aromatic heterocycles. The average Bonchev–Trinajstić information content (AvgIpc) is 2.64. The van der Waals surface area contributed by atoms with Crippen LogP contribution in [0.25, 0.3) is 6.08 Å². The quantitative estimate of drug-likeness (QED) is 0.410. The van der Waals surface area contributed by atoms with Gasteiger partial charge in [-0.25, -0.2) is 9.69 Å². The van der Waals surface area contributed by atoms with E-state index in [4.69, 9.17) is 16.3 Å². The molecule has 6 nitrogen and oxygen atoms in total. The number of carbonyl (C=O) groups is 3. The van der Waals surface area contributed by atoms with Gasteiger partial charge in [0, 0.05) is 15.1 Å². The first kappa shape index (κ1) is 21.5. The number of hydrogen-bond donors (Lipinski definition) is 1. The molecule has 1 aliphatic heterocycles. The van der Waals surface area contributed by atoms with Crippen LogP contribution in [0.5, 0.6) is 5.75 Å². The Morgan fingerprint density at radius 3 is 2.62 bits per heavy atom. The van der Waals surface area contributed by atoms with Gasteiger partial charge in [0.05, 0.1) is 16.8 Å². The van der Waals surface area contributed by atoms with Crippen LogP contribution in [0.4, 0.5) is 10.5 Å². The van der Waals surface area contributed by atoms with Crippen molar-refractivity contribution in [1.82, 2.24) is 5.32 Å². The predicted octanol–water partition coefficient (Wildman–Crippen LogP) is 5.32. The standard InChI is InChI=1S/C20H15Br2ClN2O4/c1-2-6-29-17-11(7-12(21)9-16(17)22)8-15-18(26)24-20(28)25(19(15)27)14-5-3-4-13(23)10-14/h3-5,7-10H,2,6H2,1H3,(H,24,26,28)/b15-8+. The van der Waals surface area contributed by atoms with Crippen molar-refractivity contribution in [2.24, 2.45) is 0 Å². The normalized spacial score (nSPS) is 15.7. The Morgan fingerprint density at radius 1 is 1.17 bits per heavy atom. The van der Waals surface area contributed by atoms with Crippen molar-refractivity contribution in [2.75, 3.05) is 11.5 Å². The molecule has 3 rings (SSSR count). The zero-order valence-electron chi connectivity index (χ0n) is 15.2. The van der Waals surface area contributed by atoms with Gasteiger partial charge in [-0.1, -0.05) is 40.5 Å². The summed E-state index contributed by atoms with van der Waals surface area (Å²) in [6.07, 6.45) is 2.19. The number of nitrogens with one attached hydrogen (secondary N) is 1.